The van der Waals surface area contributed by atoms with E-state index in [4.69, 9.17) is 34.9 Å². The van der Waals surface area contributed by atoms with Gasteiger partial charge in [0, 0.05) is 115 Å². The highest BCUT2D eigenvalue weighted by atomic mass is 15.1. The highest BCUT2D eigenvalue weighted by Gasteiger charge is 2.32. The fraction of sp³-hybridized carbons (Fsp3) is 0. The summed E-state index contributed by atoms with van der Waals surface area (Å²) in [6.07, 6.45) is 0. The Kier molecular flexibility index (Phi) is 19.7. The number of benzene rings is 21. The van der Waals surface area contributed by atoms with Gasteiger partial charge in [-0.15, -0.1) is 0 Å². The first kappa shape index (κ1) is 85.2. The van der Waals surface area contributed by atoms with Crippen molar-refractivity contribution in [3.8, 4) is 158 Å². The lowest BCUT2D eigenvalue weighted by atomic mass is 9.95. The third kappa shape index (κ3) is 13.6. The molecule has 0 bridgehead atoms. The zero-order valence-electron chi connectivity index (χ0n) is 80.9. The number of nitrogens with zero attached hydrogens (tertiary/aromatic N) is 13. The van der Waals surface area contributed by atoms with Crippen LogP contribution < -0.4 is 0 Å². The van der Waals surface area contributed by atoms with Gasteiger partial charge in [-0.2, -0.15) is 0 Å². The Hall–Kier alpha value is -20.4. The number of aromatic nitrogens is 13. The van der Waals surface area contributed by atoms with E-state index in [2.05, 4.69) is 519 Å². The summed E-state index contributed by atoms with van der Waals surface area (Å²) >= 11 is 0. The van der Waals surface area contributed by atoms with E-state index >= 15 is 0 Å². The third-order valence-electron chi connectivity index (χ3n) is 30.1. The van der Waals surface area contributed by atoms with E-state index in [-0.39, 0.29) is 0 Å². The molecule has 0 unspecified atom stereocenters. The Morgan fingerprint density at radius 1 is 0.127 bits per heavy atom. The van der Waals surface area contributed by atoms with E-state index < -0.39 is 0 Å². The van der Waals surface area contributed by atoms with Gasteiger partial charge in [-0.25, -0.2) is 34.9 Å². The molecule has 13 heteroatoms. The van der Waals surface area contributed by atoms with Gasteiger partial charge < -0.3 is 27.4 Å². The number of hydrogen-bond donors (Lipinski definition) is 0. The van der Waals surface area contributed by atoms with Crippen LogP contribution in [0.15, 0.2) is 516 Å². The highest BCUT2D eigenvalue weighted by molar-refractivity contribution is 6.24. The second-order valence-corrected chi connectivity index (χ2v) is 38.5. The lowest BCUT2D eigenvalue weighted by Crippen LogP contribution is -2.07. The van der Waals surface area contributed by atoms with Crippen molar-refractivity contribution in [1.29, 1.82) is 0 Å². The van der Waals surface area contributed by atoms with E-state index in [1.54, 1.807) is 0 Å². The lowest BCUT2D eigenvalue weighted by Gasteiger charge is -2.20. The number of rotatable bonds is 17. The molecule has 0 N–H and O–H groups in total. The van der Waals surface area contributed by atoms with Gasteiger partial charge in [0.1, 0.15) is 0 Å². The molecule has 9 aromatic heterocycles. The van der Waals surface area contributed by atoms with Crippen molar-refractivity contribution in [2.45, 2.75) is 0 Å². The summed E-state index contributed by atoms with van der Waals surface area (Å²) in [5.74, 6) is 2.87. The Labute approximate surface area is 861 Å². The lowest BCUT2D eigenvalue weighted by molar-refractivity contribution is 1.05. The molecule has 0 aliphatic heterocycles. The SMILES string of the molecule is c1ccc(-c2cc(-c3ccc(-n4c5ccccc5c5ccccc54)cc3-n3c4ccccc4c4c(-c5ccc6c(c5)c5ccccc5n6-c5cccc(-n6c7ccccc7c7c(-c8cccc9c8c8ccccc8n9-c8cccc(-n9c%10ccccc%10c%10ccccc%109)c8-c8cc(-c9ccccc9)nc(-c9ccccc9)n8)cccc76)c5-c5nc(-c6ccccc6)nc(-c6ccccc6)n5)cccc43)nc(-c3ccccc3)n2)cc1. The van der Waals surface area contributed by atoms with Crippen LogP contribution in [0.25, 0.3) is 289 Å². The van der Waals surface area contributed by atoms with Gasteiger partial charge in [-0.3, -0.25) is 0 Å². The molecular formula is C137H85N13. The van der Waals surface area contributed by atoms with Crippen LogP contribution in [-0.2, 0) is 0 Å². The van der Waals surface area contributed by atoms with E-state index in [9.17, 15) is 0 Å². The molecule has 0 amide bonds. The minimum atomic E-state index is 0.506. The van der Waals surface area contributed by atoms with Gasteiger partial charge in [0.15, 0.2) is 29.1 Å². The van der Waals surface area contributed by atoms with Crippen molar-refractivity contribution in [3.63, 3.8) is 0 Å². The monoisotopic (exact) mass is 1910 g/mol. The van der Waals surface area contributed by atoms with Crippen molar-refractivity contribution in [3.05, 3.63) is 516 Å². The first-order chi connectivity index (χ1) is 74.5. The van der Waals surface area contributed by atoms with Crippen LogP contribution in [0.4, 0.5) is 0 Å². The first-order valence-corrected chi connectivity index (χ1v) is 50.8. The van der Waals surface area contributed by atoms with Crippen LogP contribution in [0.1, 0.15) is 0 Å². The zero-order chi connectivity index (χ0) is 98.5. The number of fused-ring (bicyclic) bond motifs is 18. The molecule has 0 radical (unpaired) electrons. The first-order valence-electron chi connectivity index (χ1n) is 50.8. The van der Waals surface area contributed by atoms with Crippen LogP contribution in [0.2, 0.25) is 0 Å². The predicted molar refractivity (Wildman–Crippen MR) is 617 cm³/mol. The van der Waals surface area contributed by atoms with Crippen molar-refractivity contribution in [2.75, 3.05) is 0 Å². The molecule has 9 heterocycles. The maximum atomic E-state index is 5.78. The van der Waals surface area contributed by atoms with Crippen LogP contribution >= 0.6 is 0 Å². The summed E-state index contributed by atoms with van der Waals surface area (Å²) in [6, 6.07) is 185. The average molecular weight is 1910 g/mol. The molecule has 0 saturated carbocycles. The summed E-state index contributed by atoms with van der Waals surface area (Å²) in [5, 5.41) is 13.5. The summed E-state index contributed by atoms with van der Waals surface area (Å²) in [6.45, 7) is 0. The molecular weight excluding hydrogens is 1830 g/mol. The molecule has 0 spiro atoms. The Morgan fingerprint density at radius 2 is 0.400 bits per heavy atom. The Morgan fingerprint density at radius 3 is 0.807 bits per heavy atom. The largest absolute Gasteiger partial charge is 0.309 e. The van der Waals surface area contributed by atoms with Gasteiger partial charge in [-0.05, 0) is 156 Å². The van der Waals surface area contributed by atoms with Crippen LogP contribution in [0.3, 0.4) is 0 Å². The topological polar surface area (TPSA) is 120 Å². The van der Waals surface area contributed by atoms with Crippen molar-refractivity contribution in [2.24, 2.45) is 0 Å². The van der Waals surface area contributed by atoms with E-state index in [0.29, 0.717) is 29.1 Å². The van der Waals surface area contributed by atoms with Crippen molar-refractivity contribution in [1.82, 2.24) is 62.3 Å². The maximum Gasteiger partial charge on any atom is 0.168 e. The number of para-hydroxylation sites is 8. The van der Waals surface area contributed by atoms with Crippen molar-refractivity contribution < 1.29 is 0 Å². The predicted octanol–water partition coefficient (Wildman–Crippen LogP) is 34.4. The standard InChI is InChI=1S/C137H85N13/c1-7-40-86(41-8-1)107-84-109(140-133(138-107)88-44-11-3-12-45-88)102-80-79-93(145-111-63-27-19-52-95(111)96-53-20-28-64-112(96)145)83-127(102)150-118-70-34-24-57-103(118)128-94(60-35-71-120(128)150)92-78-81-119-106(82-92)99-56-23-31-67-115(99)147(119)125-76-39-77-126(132(125)137-143-135(90-48-15-5-16-49-90)142-136(144-137)91-50-17-6-18-51-91)149-117-69-33-26-59-105(117)130-101(62-37-73-122(130)149)100-61-36-72-121-129(100)104-58-25-32-68-116(104)148(121)124-75-38-74-123(146-113-65-29-21-54-97(113)98-55-22-30-66-114(98)146)131(124)110-85-108(87-42-9-2-10-43-87)139-134(141-110)89-46-13-4-14-47-89/h1-85H. The summed E-state index contributed by atoms with van der Waals surface area (Å²) in [7, 11) is 0. The van der Waals surface area contributed by atoms with E-state index in [1.807, 2.05) is 24.3 Å². The highest BCUT2D eigenvalue weighted by Crippen LogP contribution is 2.52. The minimum Gasteiger partial charge on any atom is -0.309 e. The van der Waals surface area contributed by atoms with Gasteiger partial charge in [-0.1, -0.05) is 382 Å². The normalized spacial score (nSPS) is 11.9. The van der Waals surface area contributed by atoms with Crippen LogP contribution in [-0.4, -0.2) is 62.3 Å². The summed E-state index contributed by atoms with van der Waals surface area (Å²) in [5.41, 5.74) is 34.1. The van der Waals surface area contributed by atoms with Gasteiger partial charge >= 0.3 is 0 Å². The van der Waals surface area contributed by atoms with Crippen LogP contribution in [0.5, 0.6) is 0 Å². The molecule has 698 valence electrons. The van der Waals surface area contributed by atoms with Gasteiger partial charge in [0.25, 0.3) is 0 Å². The quantitative estimate of drug-likeness (QED) is 0.0890. The molecule has 150 heavy (non-hydrogen) atoms. The van der Waals surface area contributed by atoms with Crippen molar-refractivity contribution >= 4 is 131 Å². The molecule has 0 aliphatic carbocycles. The Balaban J connectivity index is 0.629. The minimum absolute atomic E-state index is 0.506. The van der Waals surface area contributed by atoms with Gasteiger partial charge in [0.2, 0.25) is 0 Å². The zero-order valence-corrected chi connectivity index (χ0v) is 80.9. The molecule has 0 aliphatic rings. The van der Waals surface area contributed by atoms with E-state index in [0.717, 1.165) is 249 Å². The molecule has 30 aromatic rings. The number of hydrogen-bond acceptors (Lipinski definition) is 7. The smallest absolute Gasteiger partial charge is 0.168 e. The molecule has 30 rings (SSSR count). The molecule has 21 aromatic carbocycles. The fourth-order valence-corrected chi connectivity index (χ4v) is 23.7. The summed E-state index contributed by atoms with van der Waals surface area (Å²) in [4.78, 5) is 39.1. The van der Waals surface area contributed by atoms with Crippen LogP contribution in [0, 0.1) is 0 Å². The molecule has 0 atom stereocenters. The average Bonchev–Trinajstić information content (AvgIpc) is 1.55. The van der Waals surface area contributed by atoms with E-state index in [1.165, 1.54) is 10.8 Å². The molecule has 0 saturated heterocycles. The summed E-state index contributed by atoms with van der Waals surface area (Å²) < 4.78 is 14.7. The maximum absolute atomic E-state index is 5.78. The van der Waals surface area contributed by atoms with Gasteiger partial charge in [0.05, 0.1) is 123 Å². The second kappa shape index (κ2) is 34.7. The fourth-order valence-electron chi connectivity index (χ4n) is 23.7. The molecule has 0 fully saturated rings. The third-order valence-corrected chi connectivity index (χ3v) is 30.1. The Bertz CT molecular complexity index is 10500. The second-order valence-electron chi connectivity index (χ2n) is 38.5. The molecule has 13 nitrogen and oxygen atoms in total.